The van der Waals surface area contributed by atoms with Crippen LogP contribution in [0.15, 0.2) is 35.9 Å². The smallest absolute Gasteiger partial charge is 0.116 e. The number of aromatic amines is 1. The minimum atomic E-state index is 0.899. The lowest BCUT2D eigenvalue weighted by Gasteiger charge is -1.92. The minimum Gasteiger partial charge on any atom is -0.269 e. The summed E-state index contributed by atoms with van der Waals surface area (Å²) in [5, 5.41) is 8.30. The quantitative estimate of drug-likeness (QED) is 0.775. The van der Waals surface area contributed by atoms with E-state index in [1.165, 1.54) is 5.57 Å². The summed E-state index contributed by atoms with van der Waals surface area (Å²) in [4.78, 5) is 0. The van der Waals surface area contributed by atoms with E-state index in [0.29, 0.717) is 0 Å². The van der Waals surface area contributed by atoms with E-state index in [2.05, 4.69) is 35.0 Å². The third-order valence-electron chi connectivity index (χ3n) is 2.68. The van der Waals surface area contributed by atoms with Gasteiger partial charge in [-0.05, 0) is 37.0 Å². The SMILES string of the molecule is C/C=C(/C#Cc1[nH]nc2ccccc12)CCC. The summed E-state index contributed by atoms with van der Waals surface area (Å²) < 4.78 is 0. The van der Waals surface area contributed by atoms with E-state index in [4.69, 9.17) is 0 Å². The van der Waals surface area contributed by atoms with Crippen LogP contribution in [-0.2, 0) is 0 Å². The fraction of sp³-hybridized carbons (Fsp3) is 0.267. The molecule has 0 amide bonds. The van der Waals surface area contributed by atoms with Gasteiger partial charge in [-0.3, -0.25) is 5.10 Å². The summed E-state index contributed by atoms with van der Waals surface area (Å²) in [6.45, 7) is 4.20. The molecular formula is C15H16N2. The Labute approximate surface area is 102 Å². The molecule has 17 heavy (non-hydrogen) atoms. The first-order valence-electron chi connectivity index (χ1n) is 5.95. The third-order valence-corrected chi connectivity index (χ3v) is 2.68. The summed E-state index contributed by atoms with van der Waals surface area (Å²) >= 11 is 0. The fourth-order valence-electron chi connectivity index (χ4n) is 1.75. The highest BCUT2D eigenvalue weighted by atomic mass is 15.1. The van der Waals surface area contributed by atoms with Crippen molar-refractivity contribution in [2.45, 2.75) is 26.7 Å². The maximum absolute atomic E-state index is 4.22. The third kappa shape index (κ3) is 2.57. The molecule has 86 valence electrons. The number of nitrogens with one attached hydrogen (secondary N) is 1. The van der Waals surface area contributed by atoms with E-state index in [-0.39, 0.29) is 0 Å². The van der Waals surface area contributed by atoms with Crippen LogP contribution in [0.25, 0.3) is 10.9 Å². The second kappa shape index (κ2) is 5.36. The van der Waals surface area contributed by atoms with Gasteiger partial charge >= 0.3 is 0 Å². The Bertz CT molecular complexity index is 594. The second-order valence-corrected chi connectivity index (χ2v) is 3.93. The molecule has 2 heteroatoms. The Hall–Kier alpha value is -2.01. The molecule has 1 aromatic carbocycles. The first-order chi connectivity index (χ1) is 8.35. The molecule has 0 saturated carbocycles. The Morgan fingerprint density at radius 3 is 3.00 bits per heavy atom. The van der Waals surface area contributed by atoms with Gasteiger partial charge < -0.3 is 0 Å². The van der Waals surface area contributed by atoms with E-state index >= 15 is 0 Å². The lowest BCUT2D eigenvalue weighted by molar-refractivity contribution is 0.930. The number of para-hydroxylation sites is 1. The molecule has 1 heterocycles. The average Bonchev–Trinajstić information content (AvgIpc) is 2.78. The maximum atomic E-state index is 4.22. The molecule has 2 nitrogen and oxygen atoms in total. The van der Waals surface area contributed by atoms with Crippen LogP contribution in [0.5, 0.6) is 0 Å². The van der Waals surface area contributed by atoms with Gasteiger partial charge in [-0.1, -0.05) is 37.5 Å². The van der Waals surface area contributed by atoms with Crippen LogP contribution < -0.4 is 0 Å². The first-order valence-corrected chi connectivity index (χ1v) is 5.95. The average molecular weight is 224 g/mol. The molecule has 2 rings (SSSR count). The van der Waals surface area contributed by atoms with Crippen molar-refractivity contribution in [2.75, 3.05) is 0 Å². The topological polar surface area (TPSA) is 28.7 Å². The van der Waals surface area contributed by atoms with Gasteiger partial charge in [0.15, 0.2) is 0 Å². The molecule has 0 radical (unpaired) electrons. The summed E-state index contributed by atoms with van der Waals surface area (Å²) in [6, 6.07) is 8.01. The van der Waals surface area contributed by atoms with Crippen LogP contribution in [0.2, 0.25) is 0 Å². The summed E-state index contributed by atoms with van der Waals surface area (Å²) in [5.74, 6) is 6.37. The van der Waals surface area contributed by atoms with Gasteiger partial charge in [0.2, 0.25) is 0 Å². The highest BCUT2D eigenvalue weighted by molar-refractivity contribution is 5.83. The number of H-pyrrole nitrogens is 1. The molecule has 0 aliphatic heterocycles. The van der Waals surface area contributed by atoms with Crippen LogP contribution in [0.4, 0.5) is 0 Å². The zero-order valence-electron chi connectivity index (χ0n) is 10.2. The molecule has 0 saturated heterocycles. The number of aromatic nitrogens is 2. The summed E-state index contributed by atoms with van der Waals surface area (Å²) in [7, 11) is 0. The number of rotatable bonds is 2. The number of hydrogen-bond acceptors (Lipinski definition) is 1. The molecule has 0 fully saturated rings. The highest BCUT2D eigenvalue weighted by Gasteiger charge is 2.00. The summed E-state index contributed by atoms with van der Waals surface area (Å²) in [5.41, 5.74) is 3.05. The van der Waals surface area contributed by atoms with Crippen LogP contribution >= 0.6 is 0 Å². The van der Waals surface area contributed by atoms with Crippen LogP contribution in [0.3, 0.4) is 0 Å². The van der Waals surface area contributed by atoms with Crippen LogP contribution in [-0.4, -0.2) is 10.2 Å². The van der Waals surface area contributed by atoms with Crippen LogP contribution in [0, 0.1) is 11.8 Å². The van der Waals surface area contributed by atoms with Crippen molar-refractivity contribution >= 4 is 10.9 Å². The van der Waals surface area contributed by atoms with Crippen LogP contribution in [0.1, 0.15) is 32.4 Å². The van der Waals surface area contributed by atoms with Crippen molar-refractivity contribution in [1.82, 2.24) is 10.2 Å². The lowest BCUT2D eigenvalue weighted by atomic mass is 10.1. The van der Waals surface area contributed by atoms with Crippen molar-refractivity contribution in [3.8, 4) is 11.8 Å². The van der Waals surface area contributed by atoms with Gasteiger partial charge in [0.05, 0.1) is 5.52 Å². The van der Waals surface area contributed by atoms with E-state index in [9.17, 15) is 0 Å². The number of nitrogens with zero attached hydrogens (tertiary/aromatic N) is 1. The Morgan fingerprint density at radius 2 is 2.24 bits per heavy atom. The van der Waals surface area contributed by atoms with Gasteiger partial charge in [-0.25, -0.2) is 0 Å². The predicted molar refractivity (Wildman–Crippen MR) is 71.6 cm³/mol. The molecule has 0 bridgehead atoms. The van der Waals surface area contributed by atoms with Crippen molar-refractivity contribution in [1.29, 1.82) is 0 Å². The van der Waals surface area contributed by atoms with Gasteiger partial charge in [0.1, 0.15) is 5.69 Å². The van der Waals surface area contributed by atoms with Crippen molar-refractivity contribution in [3.63, 3.8) is 0 Å². The molecule has 0 spiro atoms. The Morgan fingerprint density at radius 1 is 1.41 bits per heavy atom. The van der Waals surface area contributed by atoms with Crippen molar-refractivity contribution < 1.29 is 0 Å². The van der Waals surface area contributed by atoms with Gasteiger partial charge in [0.25, 0.3) is 0 Å². The molecule has 0 atom stereocenters. The van der Waals surface area contributed by atoms with Gasteiger partial charge in [-0.2, -0.15) is 5.10 Å². The summed E-state index contributed by atoms with van der Waals surface area (Å²) in [6.07, 6.45) is 4.24. The minimum absolute atomic E-state index is 0.899. The molecule has 2 aromatic rings. The normalized spacial score (nSPS) is 11.3. The van der Waals surface area contributed by atoms with E-state index in [1.807, 2.05) is 31.2 Å². The zero-order valence-corrected chi connectivity index (χ0v) is 10.2. The standard InChI is InChI=1S/C15H16N2/c1-3-7-12(4-2)10-11-15-13-8-5-6-9-14(13)16-17-15/h4-6,8-9H,3,7H2,1-2H3,(H,16,17)/b12-4+. The predicted octanol–water partition coefficient (Wildman–Crippen LogP) is 3.66. The molecule has 0 aliphatic rings. The second-order valence-electron chi connectivity index (χ2n) is 3.93. The molecule has 0 aliphatic carbocycles. The number of fused-ring (bicyclic) bond motifs is 1. The largest absolute Gasteiger partial charge is 0.269 e. The maximum Gasteiger partial charge on any atom is 0.116 e. The molecule has 1 aromatic heterocycles. The monoisotopic (exact) mass is 224 g/mol. The lowest BCUT2D eigenvalue weighted by Crippen LogP contribution is -1.79. The molecular weight excluding hydrogens is 208 g/mol. The van der Waals surface area contributed by atoms with E-state index in [0.717, 1.165) is 29.4 Å². The number of hydrogen-bond donors (Lipinski definition) is 1. The Balaban J connectivity index is 2.33. The highest BCUT2D eigenvalue weighted by Crippen LogP contribution is 2.14. The van der Waals surface area contributed by atoms with Crippen molar-refractivity contribution in [3.05, 3.63) is 41.6 Å². The molecule has 0 unspecified atom stereocenters. The fourth-order valence-corrected chi connectivity index (χ4v) is 1.75. The Kier molecular flexibility index (Phi) is 3.62. The van der Waals surface area contributed by atoms with Gasteiger partial charge in [-0.15, -0.1) is 0 Å². The van der Waals surface area contributed by atoms with Crippen molar-refractivity contribution in [2.24, 2.45) is 0 Å². The van der Waals surface area contributed by atoms with E-state index < -0.39 is 0 Å². The number of benzene rings is 1. The molecule has 1 N–H and O–H groups in total. The zero-order chi connectivity index (χ0) is 12.1. The van der Waals surface area contributed by atoms with E-state index in [1.54, 1.807) is 0 Å². The number of allylic oxidation sites excluding steroid dienone is 2. The first kappa shape index (κ1) is 11.5. The van der Waals surface area contributed by atoms with Gasteiger partial charge in [0, 0.05) is 5.39 Å².